The second-order valence-corrected chi connectivity index (χ2v) is 14.0. The lowest BCUT2D eigenvalue weighted by Gasteiger charge is -2.58. The van der Waals surface area contributed by atoms with Crippen molar-refractivity contribution < 1.29 is 15.0 Å². The largest absolute Gasteiger partial charge is 0.506 e. The van der Waals surface area contributed by atoms with Crippen LogP contribution in [0.25, 0.3) is 27.4 Å². The van der Waals surface area contributed by atoms with Gasteiger partial charge < -0.3 is 20.1 Å². The van der Waals surface area contributed by atoms with Crippen LogP contribution < -0.4 is 0 Å². The number of nitrogens with zero attached hydrogens (tertiary/aromatic N) is 3. The number of carbonyl (C=O) groups excluding carboxylic acids is 1. The highest BCUT2D eigenvalue weighted by Crippen LogP contribution is 2.62. The molecule has 43 heavy (non-hydrogen) atoms. The number of hydrogen-bond donors (Lipinski definition) is 3. The van der Waals surface area contributed by atoms with E-state index in [2.05, 4.69) is 39.1 Å². The monoisotopic (exact) mass is 580 g/mol. The number of piperidine rings is 1. The van der Waals surface area contributed by atoms with E-state index in [1.54, 1.807) is 6.07 Å². The standard InChI is InChI=1S/C36H44N4O3/c41-25-9-8-19-40-24(12-13-25)21-35-23-39-18-6-4-2-1-3-5-16-36(43,34(35)40)22-28(29(35)15-20-39)32-33-27(14-17-37-32)26-10-7-11-30(42)31(26)38-33/h1,3,7,10-11,14,17,22,24,29,34,38,42-43H,2,4-6,8-9,12-13,15-16,18-21,23H2/t24-,29-,34+,35-,36-/m1/s1. The van der Waals surface area contributed by atoms with E-state index in [1.165, 1.54) is 18.4 Å². The van der Waals surface area contributed by atoms with Crippen molar-refractivity contribution in [3.63, 3.8) is 0 Å². The van der Waals surface area contributed by atoms with Crippen LogP contribution in [0.5, 0.6) is 5.75 Å². The van der Waals surface area contributed by atoms with Gasteiger partial charge in [-0.05, 0) is 107 Å². The van der Waals surface area contributed by atoms with Crippen LogP contribution in [0.4, 0.5) is 0 Å². The summed E-state index contributed by atoms with van der Waals surface area (Å²) in [7, 11) is 0. The third-order valence-electron chi connectivity index (χ3n) is 11.6. The number of carbonyl (C=O) groups is 1. The van der Waals surface area contributed by atoms with Gasteiger partial charge in [-0.2, -0.15) is 0 Å². The van der Waals surface area contributed by atoms with Gasteiger partial charge in [0.2, 0.25) is 0 Å². The summed E-state index contributed by atoms with van der Waals surface area (Å²) in [5, 5.41) is 25.8. The highest BCUT2D eigenvalue weighted by molar-refractivity contribution is 6.11. The lowest BCUT2D eigenvalue weighted by Crippen LogP contribution is -2.65. The summed E-state index contributed by atoms with van der Waals surface area (Å²) in [6.45, 7) is 4.02. The van der Waals surface area contributed by atoms with Gasteiger partial charge in [0.25, 0.3) is 0 Å². The molecule has 0 amide bonds. The van der Waals surface area contributed by atoms with Crippen molar-refractivity contribution >= 4 is 33.2 Å². The second kappa shape index (κ2) is 10.6. The Hall–Kier alpha value is -3.00. The number of ketones is 1. The molecule has 7 heteroatoms. The Morgan fingerprint density at radius 3 is 2.77 bits per heavy atom. The van der Waals surface area contributed by atoms with E-state index in [9.17, 15) is 15.0 Å². The molecule has 1 unspecified atom stereocenters. The van der Waals surface area contributed by atoms with Crippen LogP contribution in [0.1, 0.15) is 76.3 Å². The molecule has 6 heterocycles. The number of fused-ring (bicyclic) bond motifs is 5. The molecule has 3 aromatic rings. The van der Waals surface area contributed by atoms with Crippen molar-refractivity contribution in [2.45, 2.75) is 88.3 Å². The van der Waals surface area contributed by atoms with Gasteiger partial charge in [0, 0.05) is 53.9 Å². The highest BCUT2D eigenvalue weighted by atomic mass is 16.3. The highest BCUT2D eigenvalue weighted by Gasteiger charge is 2.66. The van der Waals surface area contributed by atoms with Crippen molar-refractivity contribution in [3.8, 4) is 5.75 Å². The maximum atomic E-state index is 13.1. The summed E-state index contributed by atoms with van der Waals surface area (Å²) >= 11 is 0. The smallest absolute Gasteiger partial charge is 0.139 e. The minimum atomic E-state index is -1.01. The number of aliphatic hydroxyl groups is 1. The summed E-state index contributed by atoms with van der Waals surface area (Å²) in [5.74, 6) is 0.898. The predicted molar refractivity (Wildman–Crippen MR) is 170 cm³/mol. The van der Waals surface area contributed by atoms with Crippen LogP contribution in [0.15, 0.2) is 48.7 Å². The molecule has 0 saturated carbocycles. The van der Waals surface area contributed by atoms with Crippen LogP contribution in [0, 0.1) is 11.3 Å². The molecule has 8 rings (SSSR count). The minimum Gasteiger partial charge on any atom is -0.506 e. The number of nitrogens with one attached hydrogen (secondary N) is 1. The van der Waals surface area contributed by atoms with Gasteiger partial charge in [0.1, 0.15) is 11.5 Å². The fraction of sp³-hybridized carbons (Fsp3) is 0.556. The van der Waals surface area contributed by atoms with E-state index >= 15 is 0 Å². The Morgan fingerprint density at radius 2 is 1.84 bits per heavy atom. The summed E-state index contributed by atoms with van der Waals surface area (Å²) in [4.78, 5) is 26.5. The molecule has 3 fully saturated rings. The SMILES string of the molecule is O=C1CCCN2[C@H](CC1)C[C@@]13CN4CCCCC=CCC[C@@](O)(C=C(c5nccc6c5[nH]c5c(O)cccc56)[C@H]1CC4)[C@@H]23. The number of Topliss-reactive ketones (excluding diaryl/α,β-unsaturated/α-hetero) is 1. The number of hydrogen-bond acceptors (Lipinski definition) is 6. The first-order chi connectivity index (χ1) is 21.0. The van der Waals surface area contributed by atoms with Crippen molar-refractivity contribution in [3.05, 3.63) is 54.4 Å². The molecule has 2 aromatic heterocycles. The first kappa shape index (κ1) is 27.5. The third-order valence-corrected chi connectivity index (χ3v) is 11.6. The van der Waals surface area contributed by atoms with Gasteiger partial charge in [-0.25, -0.2) is 0 Å². The quantitative estimate of drug-likeness (QED) is 0.308. The number of pyridine rings is 1. The van der Waals surface area contributed by atoms with Gasteiger partial charge in [-0.1, -0.05) is 24.3 Å². The van der Waals surface area contributed by atoms with Gasteiger partial charge in [0.15, 0.2) is 0 Å². The number of phenols is 1. The maximum absolute atomic E-state index is 13.1. The van der Waals surface area contributed by atoms with E-state index < -0.39 is 5.60 Å². The van der Waals surface area contributed by atoms with Crippen LogP contribution in [0.2, 0.25) is 0 Å². The lowest BCUT2D eigenvalue weighted by molar-refractivity contribution is -0.120. The molecule has 1 spiro atoms. The van der Waals surface area contributed by atoms with E-state index in [4.69, 9.17) is 4.98 Å². The predicted octanol–water partition coefficient (Wildman–Crippen LogP) is 5.96. The molecule has 0 radical (unpaired) electrons. The molecule has 3 saturated heterocycles. The number of allylic oxidation sites excluding steroid dienone is 3. The second-order valence-electron chi connectivity index (χ2n) is 14.0. The first-order valence-electron chi connectivity index (χ1n) is 16.7. The number of benzene rings is 1. The Morgan fingerprint density at radius 1 is 0.953 bits per heavy atom. The van der Waals surface area contributed by atoms with Crippen LogP contribution >= 0.6 is 0 Å². The van der Waals surface area contributed by atoms with Gasteiger partial charge in [0.05, 0.1) is 22.3 Å². The average molecular weight is 581 g/mol. The number of para-hydroxylation sites is 1. The van der Waals surface area contributed by atoms with E-state index in [-0.39, 0.29) is 23.1 Å². The van der Waals surface area contributed by atoms with Gasteiger partial charge >= 0.3 is 0 Å². The summed E-state index contributed by atoms with van der Waals surface area (Å²) in [6, 6.07) is 8.04. The Bertz CT molecular complexity index is 1630. The normalized spacial score (nSPS) is 35.4. The molecule has 5 aliphatic rings. The third kappa shape index (κ3) is 4.41. The zero-order chi connectivity index (χ0) is 29.2. The fourth-order valence-electron chi connectivity index (χ4n) is 9.92. The van der Waals surface area contributed by atoms with Crippen molar-refractivity contribution in [2.24, 2.45) is 11.3 Å². The van der Waals surface area contributed by atoms with E-state index in [0.717, 1.165) is 92.2 Å². The molecule has 6 atom stereocenters. The van der Waals surface area contributed by atoms with Crippen LogP contribution in [0.3, 0.4) is 0 Å². The fourth-order valence-corrected chi connectivity index (χ4v) is 9.92. The number of aromatic nitrogens is 2. The number of H-pyrrole nitrogens is 1. The number of aromatic hydroxyl groups is 1. The number of rotatable bonds is 1. The molecule has 3 N–H and O–H groups in total. The van der Waals surface area contributed by atoms with Crippen molar-refractivity contribution in [1.29, 1.82) is 0 Å². The number of phenolic OH excluding ortho intramolecular Hbond substituents is 1. The zero-order valence-electron chi connectivity index (χ0n) is 25.1. The van der Waals surface area contributed by atoms with Crippen LogP contribution in [-0.2, 0) is 4.79 Å². The minimum absolute atomic E-state index is 0.0230. The molecule has 1 aromatic carbocycles. The Kier molecular flexibility index (Phi) is 6.77. The maximum Gasteiger partial charge on any atom is 0.139 e. The molecule has 7 nitrogen and oxygen atoms in total. The van der Waals surface area contributed by atoms with Gasteiger partial charge in [-0.15, -0.1) is 0 Å². The molecular weight excluding hydrogens is 536 g/mol. The molecule has 1 aliphatic carbocycles. The first-order valence-corrected chi connectivity index (χ1v) is 16.7. The molecular formula is C36H44N4O3. The van der Waals surface area contributed by atoms with Crippen molar-refractivity contribution in [2.75, 3.05) is 26.2 Å². The summed E-state index contributed by atoms with van der Waals surface area (Å²) in [5.41, 5.74) is 2.63. The molecule has 226 valence electrons. The van der Waals surface area contributed by atoms with Gasteiger partial charge in [-0.3, -0.25) is 14.7 Å². The summed E-state index contributed by atoms with van der Waals surface area (Å²) in [6.07, 6.45) is 18.9. The van der Waals surface area contributed by atoms with E-state index in [0.29, 0.717) is 31.1 Å². The number of aromatic amines is 1. The van der Waals surface area contributed by atoms with E-state index in [1.807, 2.05) is 18.3 Å². The Labute approximate surface area is 253 Å². The molecule has 3 bridgehead atoms. The van der Waals surface area contributed by atoms with Crippen LogP contribution in [-0.4, -0.2) is 79.6 Å². The lowest BCUT2D eigenvalue weighted by atomic mass is 9.54. The average Bonchev–Trinajstić information content (AvgIpc) is 3.52. The Balaban J connectivity index is 1.34. The zero-order valence-corrected chi connectivity index (χ0v) is 25.1. The topological polar surface area (TPSA) is 92.7 Å². The molecule has 4 aliphatic heterocycles. The summed E-state index contributed by atoms with van der Waals surface area (Å²) < 4.78 is 0. The van der Waals surface area contributed by atoms with Crippen molar-refractivity contribution in [1.82, 2.24) is 19.8 Å².